The van der Waals surface area contributed by atoms with Crippen LogP contribution in [0.3, 0.4) is 0 Å². The zero-order chi connectivity index (χ0) is 12.7. The molecule has 0 amide bonds. The van der Waals surface area contributed by atoms with Crippen molar-refractivity contribution in [3.63, 3.8) is 0 Å². The lowest BCUT2D eigenvalue weighted by Crippen LogP contribution is -2.16. The molecule has 0 bridgehead atoms. The Kier molecular flexibility index (Phi) is 6.06. The van der Waals surface area contributed by atoms with E-state index in [0.717, 1.165) is 32.4 Å². The van der Waals surface area contributed by atoms with Crippen LogP contribution >= 0.6 is 11.3 Å². The molecular formula is C13H25N3S. The SMILES string of the molecule is CCCNCCCc1nnc(C(C)(C)CC)s1. The van der Waals surface area contributed by atoms with E-state index in [1.807, 2.05) is 0 Å². The molecule has 1 aromatic heterocycles. The molecule has 98 valence electrons. The Labute approximate surface area is 109 Å². The molecular weight excluding hydrogens is 230 g/mol. The molecule has 0 aromatic carbocycles. The van der Waals surface area contributed by atoms with E-state index >= 15 is 0 Å². The number of hydrogen-bond donors (Lipinski definition) is 1. The summed E-state index contributed by atoms with van der Waals surface area (Å²) in [5.41, 5.74) is 0.177. The number of aryl methyl sites for hydroxylation is 1. The molecule has 0 atom stereocenters. The molecule has 0 aliphatic heterocycles. The Morgan fingerprint density at radius 2 is 1.94 bits per heavy atom. The van der Waals surface area contributed by atoms with E-state index in [-0.39, 0.29) is 5.41 Å². The maximum atomic E-state index is 4.32. The Bertz CT molecular complexity index is 320. The lowest BCUT2D eigenvalue weighted by molar-refractivity contribution is 0.498. The Morgan fingerprint density at radius 3 is 2.59 bits per heavy atom. The Balaban J connectivity index is 2.36. The van der Waals surface area contributed by atoms with Crippen LogP contribution in [0.5, 0.6) is 0 Å². The summed E-state index contributed by atoms with van der Waals surface area (Å²) in [7, 11) is 0. The summed E-state index contributed by atoms with van der Waals surface area (Å²) in [4.78, 5) is 0. The van der Waals surface area contributed by atoms with Crippen molar-refractivity contribution in [2.24, 2.45) is 0 Å². The van der Waals surface area contributed by atoms with E-state index < -0.39 is 0 Å². The lowest BCUT2D eigenvalue weighted by Gasteiger charge is -2.17. The van der Waals surface area contributed by atoms with Crippen molar-refractivity contribution in [3.05, 3.63) is 10.0 Å². The monoisotopic (exact) mass is 255 g/mol. The molecule has 1 aromatic rings. The molecule has 1 rings (SSSR count). The quantitative estimate of drug-likeness (QED) is 0.725. The zero-order valence-electron chi connectivity index (χ0n) is 11.5. The fourth-order valence-corrected chi connectivity index (χ4v) is 2.50. The number of nitrogens with one attached hydrogen (secondary N) is 1. The highest BCUT2D eigenvalue weighted by Gasteiger charge is 2.22. The van der Waals surface area contributed by atoms with Gasteiger partial charge in [-0.2, -0.15) is 0 Å². The number of aromatic nitrogens is 2. The van der Waals surface area contributed by atoms with Crippen molar-refractivity contribution in [2.45, 2.75) is 58.8 Å². The van der Waals surface area contributed by atoms with Gasteiger partial charge in [-0.15, -0.1) is 21.5 Å². The summed E-state index contributed by atoms with van der Waals surface area (Å²) >= 11 is 1.78. The van der Waals surface area contributed by atoms with Crippen LogP contribution in [0.4, 0.5) is 0 Å². The molecule has 0 spiro atoms. The minimum Gasteiger partial charge on any atom is -0.317 e. The van der Waals surface area contributed by atoms with Gasteiger partial charge in [-0.1, -0.05) is 27.7 Å². The maximum Gasteiger partial charge on any atom is 0.123 e. The summed E-state index contributed by atoms with van der Waals surface area (Å²) in [6.07, 6.45) is 4.52. The molecule has 0 aliphatic rings. The topological polar surface area (TPSA) is 37.8 Å². The van der Waals surface area contributed by atoms with Crippen molar-refractivity contribution in [1.29, 1.82) is 0 Å². The number of nitrogens with zero attached hydrogens (tertiary/aromatic N) is 2. The molecule has 1 heterocycles. The van der Waals surface area contributed by atoms with Gasteiger partial charge in [0.2, 0.25) is 0 Å². The Hall–Kier alpha value is -0.480. The minimum atomic E-state index is 0.177. The first-order valence-corrected chi connectivity index (χ1v) is 7.45. The average molecular weight is 255 g/mol. The normalized spacial score (nSPS) is 12.0. The second-order valence-corrected chi connectivity index (χ2v) is 6.15. The van der Waals surface area contributed by atoms with Gasteiger partial charge in [0.05, 0.1) is 0 Å². The van der Waals surface area contributed by atoms with Crippen LogP contribution in [0.15, 0.2) is 0 Å². The molecule has 0 saturated heterocycles. The standard InChI is InChI=1S/C13H25N3S/c1-5-9-14-10-7-8-11-15-16-12(17-11)13(3,4)6-2/h14H,5-10H2,1-4H3. The van der Waals surface area contributed by atoms with Crippen LogP contribution in [0.2, 0.25) is 0 Å². The highest BCUT2D eigenvalue weighted by Crippen LogP contribution is 2.29. The van der Waals surface area contributed by atoms with E-state index in [2.05, 4.69) is 43.2 Å². The van der Waals surface area contributed by atoms with Gasteiger partial charge in [-0.25, -0.2) is 0 Å². The summed E-state index contributed by atoms with van der Waals surface area (Å²) in [5, 5.41) is 14.4. The van der Waals surface area contributed by atoms with E-state index in [1.54, 1.807) is 11.3 Å². The fourth-order valence-electron chi connectivity index (χ4n) is 1.45. The van der Waals surface area contributed by atoms with Gasteiger partial charge in [0.15, 0.2) is 0 Å². The van der Waals surface area contributed by atoms with Crippen LogP contribution in [-0.2, 0) is 11.8 Å². The zero-order valence-corrected chi connectivity index (χ0v) is 12.4. The highest BCUT2D eigenvalue weighted by molar-refractivity contribution is 7.11. The molecule has 0 unspecified atom stereocenters. The second-order valence-electron chi connectivity index (χ2n) is 5.09. The van der Waals surface area contributed by atoms with E-state index in [0.29, 0.717) is 0 Å². The largest absolute Gasteiger partial charge is 0.317 e. The van der Waals surface area contributed by atoms with Crippen LogP contribution in [0.25, 0.3) is 0 Å². The lowest BCUT2D eigenvalue weighted by atomic mass is 9.91. The predicted octanol–water partition coefficient (Wildman–Crippen LogP) is 3.16. The third-order valence-corrected chi connectivity index (χ3v) is 4.45. The molecule has 0 aliphatic carbocycles. The first-order valence-electron chi connectivity index (χ1n) is 6.63. The van der Waals surface area contributed by atoms with Crippen LogP contribution < -0.4 is 5.32 Å². The van der Waals surface area contributed by atoms with Crippen LogP contribution in [-0.4, -0.2) is 23.3 Å². The fraction of sp³-hybridized carbons (Fsp3) is 0.846. The van der Waals surface area contributed by atoms with Crippen LogP contribution in [0.1, 0.15) is 57.0 Å². The van der Waals surface area contributed by atoms with E-state index in [4.69, 9.17) is 0 Å². The average Bonchev–Trinajstić information content (AvgIpc) is 2.78. The molecule has 0 radical (unpaired) electrons. The van der Waals surface area contributed by atoms with Crippen molar-refractivity contribution in [2.75, 3.05) is 13.1 Å². The van der Waals surface area contributed by atoms with E-state index in [9.17, 15) is 0 Å². The van der Waals surface area contributed by atoms with E-state index in [1.165, 1.54) is 16.4 Å². The second kappa shape index (κ2) is 7.07. The molecule has 1 N–H and O–H groups in total. The van der Waals surface area contributed by atoms with Crippen molar-refractivity contribution in [3.8, 4) is 0 Å². The smallest absolute Gasteiger partial charge is 0.123 e. The molecule has 3 nitrogen and oxygen atoms in total. The van der Waals surface area contributed by atoms with Gasteiger partial charge in [-0.3, -0.25) is 0 Å². The van der Waals surface area contributed by atoms with Crippen molar-refractivity contribution < 1.29 is 0 Å². The number of hydrogen-bond acceptors (Lipinski definition) is 4. The maximum absolute atomic E-state index is 4.32. The summed E-state index contributed by atoms with van der Waals surface area (Å²) < 4.78 is 0. The first-order chi connectivity index (χ1) is 8.10. The summed E-state index contributed by atoms with van der Waals surface area (Å²) in [5.74, 6) is 0. The van der Waals surface area contributed by atoms with Gasteiger partial charge >= 0.3 is 0 Å². The molecule has 17 heavy (non-hydrogen) atoms. The summed E-state index contributed by atoms with van der Waals surface area (Å²) in [6.45, 7) is 11.1. The Morgan fingerprint density at radius 1 is 1.18 bits per heavy atom. The van der Waals surface area contributed by atoms with Gasteiger partial charge in [-0.05, 0) is 32.4 Å². The third-order valence-electron chi connectivity index (χ3n) is 3.10. The molecule has 0 saturated carbocycles. The van der Waals surface area contributed by atoms with Crippen LogP contribution in [0, 0.1) is 0 Å². The molecule has 4 heteroatoms. The van der Waals surface area contributed by atoms with Gasteiger partial charge < -0.3 is 5.32 Å². The number of rotatable bonds is 8. The first kappa shape index (κ1) is 14.6. The summed E-state index contributed by atoms with van der Waals surface area (Å²) in [6, 6.07) is 0. The van der Waals surface area contributed by atoms with Gasteiger partial charge in [0.25, 0.3) is 0 Å². The van der Waals surface area contributed by atoms with Crippen molar-refractivity contribution >= 4 is 11.3 Å². The van der Waals surface area contributed by atoms with Gasteiger partial charge in [0, 0.05) is 11.8 Å². The third kappa shape index (κ3) is 4.72. The van der Waals surface area contributed by atoms with Gasteiger partial charge in [0.1, 0.15) is 10.0 Å². The molecule has 0 fully saturated rings. The van der Waals surface area contributed by atoms with Crippen molar-refractivity contribution in [1.82, 2.24) is 15.5 Å². The predicted molar refractivity (Wildman–Crippen MR) is 74.7 cm³/mol. The minimum absolute atomic E-state index is 0.177. The highest BCUT2D eigenvalue weighted by atomic mass is 32.1.